The molecule has 0 aliphatic heterocycles. The molecule has 1 fully saturated rings. The van der Waals surface area contributed by atoms with Crippen molar-refractivity contribution in [2.45, 2.75) is 23.8 Å². The number of likely N-dealkylation sites (N-methyl/N-ethyl adjacent to an activating group) is 1. The molecule has 1 aliphatic rings. The molecule has 18 heavy (non-hydrogen) atoms. The summed E-state index contributed by atoms with van der Waals surface area (Å²) < 4.78 is 27.3. The number of sulfonamides is 1. The zero-order chi connectivity index (χ0) is 13.2. The standard InChI is InChI=1S/C12H17BrN2O2S/c1-15(10-6-7-10)9-8-14-18(16,17)12-5-3-2-4-11(12)13/h2-5,10,14H,6-9H2,1H3. The second-order valence-electron chi connectivity index (χ2n) is 4.54. The Bertz CT molecular complexity index is 515. The van der Waals surface area contributed by atoms with Gasteiger partial charge >= 0.3 is 0 Å². The summed E-state index contributed by atoms with van der Waals surface area (Å²) >= 11 is 3.26. The fourth-order valence-electron chi connectivity index (χ4n) is 1.79. The van der Waals surface area contributed by atoms with Crippen molar-refractivity contribution in [2.24, 2.45) is 0 Å². The molecular weight excluding hydrogens is 316 g/mol. The van der Waals surface area contributed by atoms with Gasteiger partial charge in [-0.3, -0.25) is 0 Å². The first-order chi connectivity index (χ1) is 8.50. The largest absolute Gasteiger partial charge is 0.302 e. The number of halogens is 1. The van der Waals surface area contributed by atoms with Gasteiger partial charge in [0.2, 0.25) is 10.0 Å². The summed E-state index contributed by atoms with van der Waals surface area (Å²) in [6.45, 7) is 1.19. The van der Waals surface area contributed by atoms with Crippen LogP contribution < -0.4 is 4.72 Å². The molecule has 0 saturated heterocycles. The molecule has 0 radical (unpaired) electrons. The predicted molar refractivity (Wildman–Crippen MR) is 75.0 cm³/mol. The van der Waals surface area contributed by atoms with Gasteiger partial charge in [0, 0.05) is 23.6 Å². The summed E-state index contributed by atoms with van der Waals surface area (Å²) in [6.07, 6.45) is 2.46. The van der Waals surface area contributed by atoms with E-state index >= 15 is 0 Å². The molecule has 1 aromatic rings. The van der Waals surface area contributed by atoms with E-state index in [-0.39, 0.29) is 0 Å². The SMILES string of the molecule is CN(CCNS(=O)(=O)c1ccccc1Br)C1CC1. The Balaban J connectivity index is 1.93. The Kier molecular flexibility index (Phi) is 4.42. The third-order valence-corrected chi connectivity index (χ3v) is 5.53. The van der Waals surface area contributed by atoms with Gasteiger partial charge in [-0.1, -0.05) is 12.1 Å². The van der Waals surface area contributed by atoms with Gasteiger partial charge in [0.25, 0.3) is 0 Å². The number of nitrogens with zero attached hydrogens (tertiary/aromatic N) is 1. The summed E-state index contributed by atoms with van der Waals surface area (Å²) in [7, 11) is -1.38. The van der Waals surface area contributed by atoms with Crippen LogP contribution in [0.15, 0.2) is 33.6 Å². The van der Waals surface area contributed by atoms with Crippen LogP contribution in [0.4, 0.5) is 0 Å². The van der Waals surface area contributed by atoms with Crippen LogP contribution in [0.25, 0.3) is 0 Å². The van der Waals surface area contributed by atoms with E-state index in [0.29, 0.717) is 22.0 Å². The van der Waals surface area contributed by atoms with Crippen LogP contribution in [0.3, 0.4) is 0 Å². The summed E-state index contributed by atoms with van der Waals surface area (Å²) in [6, 6.07) is 7.49. The Labute approximate surface area is 117 Å². The molecule has 0 heterocycles. The van der Waals surface area contributed by atoms with Crippen LogP contribution in [0.1, 0.15) is 12.8 Å². The van der Waals surface area contributed by atoms with Gasteiger partial charge in [0.15, 0.2) is 0 Å². The van der Waals surface area contributed by atoms with Crippen LogP contribution in [0, 0.1) is 0 Å². The van der Waals surface area contributed by atoms with E-state index in [1.165, 1.54) is 12.8 Å². The van der Waals surface area contributed by atoms with Gasteiger partial charge in [0.05, 0.1) is 4.90 Å². The molecule has 0 unspecified atom stereocenters. The molecule has 0 bridgehead atoms. The molecule has 1 saturated carbocycles. The van der Waals surface area contributed by atoms with Gasteiger partial charge in [0.1, 0.15) is 0 Å². The van der Waals surface area contributed by atoms with Crippen molar-refractivity contribution >= 4 is 26.0 Å². The number of benzene rings is 1. The fraction of sp³-hybridized carbons (Fsp3) is 0.500. The third kappa shape index (κ3) is 3.54. The number of rotatable bonds is 6. The smallest absolute Gasteiger partial charge is 0.241 e. The molecule has 6 heteroatoms. The maximum absolute atomic E-state index is 12.1. The normalized spacial score (nSPS) is 16.2. The minimum absolute atomic E-state index is 0.291. The van der Waals surface area contributed by atoms with Crippen LogP contribution in [-0.2, 0) is 10.0 Å². The lowest BCUT2D eigenvalue weighted by Crippen LogP contribution is -2.34. The second-order valence-corrected chi connectivity index (χ2v) is 7.13. The van der Waals surface area contributed by atoms with Crippen molar-refractivity contribution in [1.29, 1.82) is 0 Å². The highest BCUT2D eigenvalue weighted by molar-refractivity contribution is 9.10. The fourth-order valence-corrected chi connectivity index (χ4v) is 3.82. The first kappa shape index (κ1) is 14.0. The van der Waals surface area contributed by atoms with Gasteiger partial charge in [-0.25, -0.2) is 13.1 Å². The molecular formula is C12H17BrN2O2S. The van der Waals surface area contributed by atoms with Crippen molar-refractivity contribution < 1.29 is 8.42 Å². The molecule has 0 spiro atoms. The summed E-state index contributed by atoms with van der Waals surface area (Å²) in [4.78, 5) is 2.49. The average molecular weight is 333 g/mol. The lowest BCUT2D eigenvalue weighted by Gasteiger charge is -2.16. The molecule has 1 N–H and O–H groups in total. The van der Waals surface area contributed by atoms with E-state index in [9.17, 15) is 8.42 Å². The Hall–Kier alpha value is -0.430. The quantitative estimate of drug-likeness (QED) is 0.864. The maximum atomic E-state index is 12.1. The summed E-state index contributed by atoms with van der Waals surface area (Å²) in [5.74, 6) is 0. The van der Waals surface area contributed by atoms with Gasteiger partial charge in [-0.15, -0.1) is 0 Å². The highest BCUT2D eigenvalue weighted by atomic mass is 79.9. The highest BCUT2D eigenvalue weighted by Gasteiger charge is 2.26. The van der Waals surface area contributed by atoms with Crippen molar-refractivity contribution in [1.82, 2.24) is 9.62 Å². The highest BCUT2D eigenvalue weighted by Crippen LogP contribution is 2.25. The molecule has 1 aromatic carbocycles. The van der Waals surface area contributed by atoms with E-state index in [4.69, 9.17) is 0 Å². The zero-order valence-corrected chi connectivity index (χ0v) is 12.7. The molecule has 4 nitrogen and oxygen atoms in total. The first-order valence-electron chi connectivity index (χ1n) is 5.95. The van der Waals surface area contributed by atoms with Crippen molar-refractivity contribution in [3.05, 3.63) is 28.7 Å². The minimum Gasteiger partial charge on any atom is -0.302 e. The minimum atomic E-state index is -3.42. The lowest BCUT2D eigenvalue weighted by molar-refractivity contribution is 0.329. The van der Waals surface area contributed by atoms with E-state index < -0.39 is 10.0 Å². The van der Waals surface area contributed by atoms with Crippen LogP contribution >= 0.6 is 15.9 Å². The Morgan fingerprint density at radius 1 is 1.39 bits per heavy atom. The second kappa shape index (κ2) is 5.69. The average Bonchev–Trinajstić information content (AvgIpc) is 3.12. The third-order valence-electron chi connectivity index (χ3n) is 3.05. The van der Waals surface area contributed by atoms with E-state index in [2.05, 4.69) is 25.6 Å². The Morgan fingerprint density at radius 3 is 2.67 bits per heavy atom. The number of nitrogens with one attached hydrogen (secondary N) is 1. The molecule has 2 rings (SSSR count). The molecule has 0 atom stereocenters. The van der Waals surface area contributed by atoms with Gasteiger partial charge < -0.3 is 4.90 Å². The van der Waals surface area contributed by atoms with E-state index in [0.717, 1.165) is 6.54 Å². The molecule has 1 aliphatic carbocycles. The first-order valence-corrected chi connectivity index (χ1v) is 8.23. The van der Waals surface area contributed by atoms with Crippen molar-refractivity contribution in [3.63, 3.8) is 0 Å². The summed E-state index contributed by atoms with van der Waals surface area (Å²) in [5.41, 5.74) is 0. The van der Waals surface area contributed by atoms with E-state index in [1.54, 1.807) is 24.3 Å². The number of hydrogen-bond acceptors (Lipinski definition) is 3. The summed E-state index contributed by atoms with van der Waals surface area (Å²) in [5, 5.41) is 0. The maximum Gasteiger partial charge on any atom is 0.241 e. The predicted octanol–water partition coefficient (Wildman–Crippen LogP) is 1.82. The topological polar surface area (TPSA) is 49.4 Å². The zero-order valence-electron chi connectivity index (χ0n) is 10.3. The monoisotopic (exact) mass is 332 g/mol. The molecule has 100 valence electrons. The molecule has 0 aromatic heterocycles. The van der Waals surface area contributed by atoms with Crippen LogP contribution in [-0.4, -0.2) is 39.5 Å². The number of hydrogen-bond donors (Lipinski definition) is 1. The van der Waals surface area contributed by atoms with Crippen LogP contribution in [0.5, 0.6) is 0 Å². The Morgan fingerprint density at radius 2 is 2.06 bits per heavy atom. The molecule has 0 amide bonds. The lowest BCUT2D eigenvalue weighted by atomic mass is 10.4. The van der Waals surface area contributed by atoms with Crippen molar-refractivity contribution in [3.8, 4) is 0 Å². The van der Waals surface area contributed by atoms with Gasteiger partial charge in [-0.05, 0) is 48.0 Å². The van der Waals surface area contributed by atoms with E-state index in [1.807, 2.05) is 7.05 Å². The van der Waals surface area contributed by atoms with Crippen LogP contribution in [0.2, 0.25) is 0 Å². The van der Waals surface area contributed by atoms with Crippen molar-refractivity contribution in [2.75, 3.05) is 20.1 Å². The van der Waals surface area contributed by atoms with Gasteiger partial charge in [-0.2, -0.15) is 0 Å².